The smallest absolute Gasteiger partial charge is 0.239 e. The van der Waals surface area contributed by atoms with Crippen LogP contribution in [0.5, 0.6) is 11.5 Å². The van der Waals surface area contributed by atoms with E-state index < -0.39 is 0 Å². The Kier molecular flexibility index (Phi) is 4.30. The Morgan fingerprint density at radius 2 is 1.58 bits per heavy atom. The summed E-state index contributed by atoms with van der Waals surface area (Å²) < 4.78 is 16.9. The fourth-order valence-corrected chi connectivity index (χ4v) is 2.89. The predicted octanol–water partition coefficient (Wildman–Crippen LogP) is 4.60. The van der Waals surface area contributed by atoms with Crippen LogP contribution in [0.3, 0.4) is 0 Å². The van der Waals surface area contributed by atoms with Gasteiger partial charge >= 0.3 is 0 Å². The van der Waals surface area contributed by atoms with Crippen molar-refractivity contribution in [3.8, 4) is 22.8 Å². The maximum Gasteiger partial charge on any atom is 0.239 e. The molecule has 0 bridgehead atoms. The zero-order valence-electron chi connectivity index (χ0n) is 14.3. The zero-order chi connectivity index (χ0) is 17.3. The van der Waals surface area contributed by atoms with Gasteiger partial charge in [-0.15, -0.1) is 0 Å². The molecule has 4 heteroatoms. The summed E-state index contributed by atoms with van der Waals surface area (Å²) in [5.74, 6) is 1.39. The van der Waals surface area contributed by atoms with Crippen molar-refractivity contribution in [2.24, 2.45) is 0 Å². The lowest BCUT2D eigenvalue weighted by molar-refractivity contribution is 0.394. The highest BCUT2D eigenvalue weighted by Crippen LogP contribution is 2.37. The first kappa shape index (κ1) is 16.1. The highest BCUT2D eigenvalue weighted by Gasteiger charge is 2.22. The number of rotatable bonds is 4. The topological polar surface area (TPSA) is 48.7 Å². The van der Waals surface area contributed by atoms with Gasteiger partial charge in [-0.2, -0.15) is 0 Å². The van der Waals surface area contributed by atoms with Crippen molar-refractivity contribution in [1.29, 1.82) is 0 Å². The molecule has 0 amide bonds. The Labute approximate surface area is 140 Å². The molecule has 2 aromatic carbocycles. The molecule has 24 heavy (non-hydrogen) atoms. The Morgan fingerprint density at radius 1 is 0.917 bits per heavy atom. The van der Waals surface area contributed by atoms with Crippen molar-refractivity contribution >= 4 is 11.0 Å². The summed E-state index contributed by atoms with van der Waals surface area (Å²) in [6, 6.07) is 13.2. The summed E-state index contributed by atoms with van der Waals surface area (Å²) in [6.07, 6.45) is 0. The first-order valence-electron chi connectivity index (χ1n) is 7.85. The molecule has 4 nitrogen and oxygen atoms in total. The van der Waals surface area contributed by atoms with Crippen LogP contribution in [-0.2, 0) is 0 Å². The standard InChI is InChI=1S/C20H20O4/c1-12(2)14-10-11-15-16(19(14)22-3)17(21)20(23-4)18(24-15)13-8-6-5-7-9-13/h5-12H,1-4H3. The van der Waals surface area contributed by atoms with Crippen molar-refractivity contribution in [2.45, 2.75) is 19.8 Å². The van der Waals surface area contributed by atoms with Gasteiger partial charge < -0.3 is 13.9 Å². The second kappa shape index (κ2) is 6.40. The molecule has 1 heterocycles. The summed E-state index contributed by atoms with van der Waals surface area (Å²) in [5, 5.41) is 0.417. The van der Waals surface area contributed by atoms with Crippen molar-refractivity contribution in [2.75, 3.05) is 14.2 Å². The van der Waals surface area contributed by atoms with Gasteiger partial charge in [0.25, 0.3) is 0 Å². The van der Waals surface area contributed by atoms with Gasteiger partial charge in [0.15, 0.2) is 5.76 Å². The van der Waals surface area contributed by atoms with Crippen LogP contribution in [0.2, 0.25) is 0 Å². The molecule has 0 aliphatic carbocycles. The van der Waals surface area contributed by atoms with Gasteiger partial charge in [-0.1, -0.05) is 50.2 Å². The molecule has 0 N–H and O–H groups in total. The van der Waals surface area contributed by atoms with Crippen molar-refractivity contribution in [3.63, 3.8) is 0 Å². The zero-order valence-corrected chi connectivity index (χ0v) is 14.3. The molecular weight excluding hydrogens is 304 g/mol. The minimum Gasteiger partial charge on any atom is -0.496 e. The molecule has 0 spiro atoms. The average Bonchev–Trinajstić information content (AvgIpc) is 2.61. The van der Waals surface area contributed by atoms with Crippen LogP contribution in [0.4, 0.5) is 0 Å². The molecule has 0 aliphatic heterocycles. The SMILES string of the molecule is COc1c(-c2ccccc2)oc2ccc(C(C)C)c(OC)c2c1=O. The summed E-state index contributed by atoms with van der Waals surface area (Å²) in [5.41, 5.74) is 2.02. The van der Waals surface area contributed by atoms with Gasteiger partial charge in [0.2, 0.25) is 11.2 Å². The van der Waals surface area contributed by atoms with Crippen LogP contribution >= 0.6 is 0 Å². The summed E-state index contributed by atoms with van der Waals surface area (Å²) in [4.78, 5) is 13.0. The Balaban J connectivity index is 2.41. The van der Waals surface area contributed by atoms with E-state index >= 15 is 0 Å². The maximum atomic E-state index is 13.0. The second-order valence-corrected chi connectivity index (χ2v) is 5.88. The van der Waals surface area contributed by atoms with Crippen molar-refractivity contribution in [3.05, 3.63) is 58.3 Å². The molecular formula is C20H20O4. The molecule has 124 valence electrons. The van der Waals surface area contributed by atoms with Crippen LogP contribution in [0.15, 0.2) is 51.7 Å². The normalized spacial score (nSPS) is 11.0. The van der Waals surface area contributed by atoms with E-state index in [1.54, 1.807) is 7.11 Å². The number of methoxy groups -OCH3 is 2. The molecule has 0 unspecified atom stereocenters. The number of benzene rings is 2. The van der Waals surface area contributed by atoms with E-state index in [2.05, 4.69) is 13.8 Å². The number of hydrogen-bond acceptors (Lipinski definition) is 4. The molecule has 0 saturated heterocycles. The van der Waals surface area contributed by atoms with Gasteiger partial charge in [0.05, 0.1) is 14.2 Å². The van der Waals surface area contributed by atoms with Gasteiger partial charge in [0.1, 0.15) is 16.7 Å². The molecule has 0 saturated carbocycles. The van der Waals surface area contributed by atoms with E-state index in [-0.39, 0.29) is 17.1 Å². The van der Waals surface area contributed by atoms with Gasteiger partial charge in [-0.3, -0.25) is 4.79 Å². The van der Waals surface area contributed by atoms with E-state index in [0.717, 1.165) is 11.1 Å². The lowest BCUT2D eigenvalue weighted by Crippen LogP contribution is -2.10. The van der Waals surface area contributed by atoms with Crippen LogP contribution < -0.4 is 14.9 Å². The lowest BCUT2D eigenvalue weighted by Gasteiger charge is -2.15. The van der Waals surface area contributed by atoms with Gasteiger partial charge in [-0.05, 0) is 17.5 Å². The molecule has 0 aliphatic rings. The number of fused-ring (bicyclic) bond motifs is 1. The average molecular weight is 324 g/mol. The lowest BCUT2D eigenvalue weighted by atomic mass is 9.99. The first-order chi connectivity index (χ1) is 11.6. The van der Waals surface area contributed by atoms with Gasteiger partial charge in [-0.25, -0.2) is 0 Å². The van der Waals surface area contributed by atoms with Crippen LogP contribution in [-0.4, -0.2) is 14.2 Å². The largest absolute Gasteiger partial charge is 0.496 e. The Hall–Kier alpha value is -2.75. The highest BCUT2D eigenvalue weighted by molar-refractivity contribution is 5.88. The van der Waals surface area contributed by atoms with Gasteiger partial charge in [0, 0.05) is 5.56 Å². The third kappa shape index (κ3) is 2.54. The minimum atomic E-state index is -0.225. The van der Waals surface area contributed by atoms with Crippen molar-refractivity contribution < 1.29 is 13.9 Å². The minimum absolute atomic E-state index is 0.188. The number of ether oxygens (including phenoxy) is 2. The van der Waals surface area contributed by atoms with Crippen LogP contribution in [0.25, 0.3) is 22.3 Å². The predicted molar refractivity (Wildman–Crippen MR) is 95.1 cm³/mol. The highest BCUT2D eigenvalue weighted by atomic mass is 16.5. The van der Waals surface area contributed by atoms with E-state index in [1.165, 1.54) is 7.11 Å². The first-order valence-corrected chi connectivity index (χ1v) is 7.85. The summed E-state index contributed by atoms with van der Waals surface area (Å²) >= 11 is 0. The van der Waals surface area contributed by atoms with E-state index in [9.17, 15) is 4.79 Å². The molecule has 0 fully saturated rings. The Morgan fingerprint density at radius 3 is 2.17 bits per heavy atom. The fraction of sp³-hybridized carbons (Fsp3) is 0.250. The van der Waals surface area contributed by atoms with E-state index in [1.807, 2.05) is 42.5 Å². The van der Waals surface area contributed by atoms with Crippen molar-refractivity contribution in [1.82, 2.24) is 0 Å². The van der Waals surface area contributed by atoms with E-state index in [4.69, 9.17) is 13.9 Å². The Bertz CT molecular complexity index is 924. The molecule has 0 atom stereocenters. The molecule has 3 aromatic rings. The van der Waals surface area contributed by atoms with Crippen LogP contribution in [0.1, 0.15) is 25.3 Å². The molecule has 3 rings (SSSR count). The monoisotopic (exact) mass is 324 g/mol. The third-order valence-electron chi connectivity index (χ3n) is 4.07. The molecule has 0 radical (unpaired) electrons. The summed E-state index contributed by atoms with van der Waals surface area (Å²) in [6.45, 7) is 4.11. The van der Waals surface area contributed by atoms with E-state index in [0.29, 0.717) is 22.5 Å². The maximum absolute atomic E-state index is 13.0. The van der Waals surface area contributed by atoms with Crippen LogP contribution in [0, 0.1) is 0 Å². The number of hydrogen-bond donors (Lipinski definition) is 0. The summed E-state index contributed by atoms with van der Waals surface area (Å²) in [7, 11) is 3.04. The quantitative estimate of drug-likeness (QED) is 0.703. The molecule has 1 aromatic heterocycles. The fourth-order valence-electron chi connectivity index (χ4n) is 2.89. The third-order valence-corrected chi connectivity index (χ3v) is 4.07. The second-order valence-electron chi connectivity index (χ2n) is 5.88.